The van der Waals surface area contributed by atoms with Crippen molar-refractivity contribution in [2.24, 2.45) is 0 Å². The number of rotatable bonds is 5. The number of esters is 1. The molecule has 0 saturated carbocycles. The Bertz CT molecular complexity index is 955. The topological polar surface area (TPSA) is 73.9 Å². The number of benzene rings is 2. The number of ether oxygens (including phenoxy) is 3. The highest BCUT2D eigenvalue weighted by Crippen LogP contribution is 2.50. The monoisotopic (exact) mass is 439 g/mol. The smallest absolute Gasteiger partial charge is 0.307 e. The lowest BCUT2D eigenvalue weighted by atomic mass is 10.0. The van der Waals surface area contributed by atoms with Crippen LogP contribution in [0.15, 0.2) is 30.3 Å². The van der Waals surface area contributed by atoms with Crippen LogP contribution in [0.5, 0.6) is 11.5 Å². The number of amides is 1. The minimum Gasteiger partial charge on any atom is -0.493 e. The van der Waals surface area contributed by atoms with Gasteiger partial charge in [-0.05, 0) is 23.8 Å². The van der Waals surface area contributed by atoms with Gasteiger partial charge < -0.3 is 19.5 Å². The number of anilines is 1. The molecule has 0 spiro atoms. The van der Waals surface area contributed by atoms with Crippen molar-refractivity contribution in [3.05, 3.63) is 52.3 Å². The van der Waals surface area contributed by atoms with E-state index >= 15 is 0 Å². The van der Waals surface area contributed by atoms with Crippen LogP contribution in [0.25, 0.3) is 0 Å². The minimum absolute atomic E-state index is 0.0224. The van der Waals surface area contributed by atoms with Gasteiger partial charge in [-0.15, -0.1) is 11.8 Å². The number of methoxy groups -OCH3 is 3. The molecule has 1 heterocycles. The second kappa shape index (κ2) is 8.92. The Kier molecular flexibility index (Phi) is 6.54. The Hall–Kier alpha value is -2.45. The Morgan fingerprint density at radius 2 is 1.97 bits per heavy atom. The van der Waals surface area contributed by atoms with Crippen molar-refractivity contribution < 1.29 is 28.2 Å². The SMILES string of the molecule is COC(=O)CC1SC(c2cccc(OC)c2OC)c2cc(Cl)cc(F)c2NC1=O. The largest absolute Gasteiger partial charge is 0.493 e. The van der Waals surface area contributed by atoms with Crippen molar-refractivity contribution >= 4 is 40.9 Å². The molecule has 1 aliphatic rings. The van der Waals surface area contributed by atoms with Gasteiger partial charge >= 0.3 is 5.97 Å². The first-order valence-electron chi connectivity index (χ1n) is 8.62. The van der Waals surface area contributed by atoms with Crippen LogP contribution in [-0.4, -0.2) is 38.5 Å². The van der Waals surface area contributed by atoms with Gasteiger partial charge in [-0.1, -0.05) is 23.7 Å². The summed E-state index contributed by atoms with van der Waals surface area (Å²) in [4.78, 5) is 24.6. The molecule has 9 heteroatoms. The Morgan fingerprint density at radius 3 is 2.62 bits per heavy atom. The number of nitrogens with one attached hydrogen (secondary N) is 1. The summed E-state index contributed by atoms with van der Waals surface area (Å²) in [5.74, 6) is -0.759. The zero-order valence-electron chi connectivity index (χ0n) is 16.0. The molecular formula is C20H19ClFNO5S. The standard InChI is InChI=1S/C20H19ClFNO5S/c1-26-14-6-4-5-11(18(14)28-3)19-12-7-10(21)8-13(22)17(12)23-20(25)15(29-19)9-16(24)27-2/h4-8,15,19H,9H2,1-3H3,(H,23,25). The van der Waals surface area contributed by atoms with Crippen LogP contribution < -0.4 is 14.8 Å². The van der Waals surface area contributed by atoms with E-state index in [0.29, 0.717) is 22.6 Å². The number of para-hydroxylation sites is 1. The van der Waals surface area contributed by atoms with Gasteiger partial charge in [0.15, 0.2) is 11.5 Å². The molecule has 0 bridgehead atoms. The zero-order chi connectivity index (χ0) is 21.1. The Balaban J connectivity index is 2.20. The first-order valence-corrected chi connectivity index (χ1v) is 9.94. The van der Waals surface area contributed by atoms with E-state index in [2.05, 4.69) is 5.32 Å². The highest BCUT2D eigenvalue weighted by Gasteiger charge is 2.36. The summed E-state index contributed by atoms with van der Waals surface area (Å²) in [6.45, 7) is 0. The summed E-state index contributed by atoms with van der Waals surface area (Å²) in [6.07, 6.45) is -0.168. The quantitative estimate of drug-likeness (QED) is 0.704. The molecule has 29 heavy (non-hydrogen) atoms. The lowest BCUT2D eigenvalue weighted by Gasteiger charge is -2.23. The third kappa shape index (κ3) is 4.28. The molecule has 2 atom stereocenters. The normalized spacial score (nSPS) is 18.3. The van der Waals surface area contributed by atoms with Crippen molar-refractivity contribution in [2.45, 2.75) is 16.9 Å². The molecule has 1 aliphatic heterocycles. The molecule has 2 aromatic carbocycles. The molecule has 6 nitrogen and oxygen atoms in total. The minimum atomic E-state index is -0.811. The number of thioether (sulfide) groups is 1. The first kappa shape index (κ1) is 21.3. The first-order chi connectivity index (χ1) is 13.9. The fourth-order valence-electron chi connectivity index (χ4n) is 3.17. The summed E-state index contributed by atoms with van der Waals surface area (Å²) in [5, 5.41) is 1.41. The van der Waals surface area contributed by atoms with Crippen molar-refractivity contribution in [1.82, 2.24) is 0 Å². The molecule has 0 aliphatic carbocycles. The molecule has 1 N–H and O–H groups in total. The number of hydrogen-bond acceptors (Lipinski definition) is 6. The van der Waals surface area contributed by atoms with E-state index in [1.54, 1.807) is 24.3 Å². The van der Waals surface area contributed by atoms with E-state index < -0.39 is 28.2 Å². The average Bonchev–Trinajstić information content (AvgIpc) is 2.84. The zero-order valence-corrected chi connectivity index (χ0v) is 17.5. The number of hydrogen-bond donors (Lipinski definition) is 1. The van der Waals surface area contributed by atoms with Gasteiger partial charge in [0, 0.05) is 10.6 Å². The third-order valence-electron chi connectivity index (χ3n) is 4.50. The molecule has 2 aromatic rings. The maximum Gasteiger partial charge on any atom is 0.307 e. The van der Waals surface area contributed by atoms with Crippen molar-refractivity contribution in [3.8, 4) is 11.5 Å². The Morgan fingerprint density at radius 1 is 1.21 bits per heavy atom. The fourth-order valence-corrected chi connectivity index (χ4v) is 4.79. The summed E-state index contributed by atoms with van der Waals surface area (Å²) in [5.41, 5.74) is 1.15. The lowest BCUT2D eigenvalue weighted by molar-refractivity contribution is -0.141. The molecule has 0 fully saturated rings. The summed E-state index contributed by atoms with van der Waals surface area (Å²) < 4.78 is 30.3. The second-order valence-electron chi connectivity index (χ2n) is 6.21. The van der Waals surface area contributed by atoms with Crippen LogP contribution in [0.3, 0.4) is 0 Å². The van der Waals surface area contributed by atoms with Gasteiger partial charge in [-0.3, -0.25) is 9.59 Å². The summed E-state index contributed by atoms with van der Waals surface area (Å²) >= 11 is 7.30. The highest BCUT2D eigenvalue weighted by molar-refractivity contribution is 8.01. The molecule has 0 saturated heterocycles. The van der Waals surface area contributed by atoms with Crippen LogP contribution >= 0.6 is 23.4 Å². The van der Waals surface area contributed by atoms with Gasteiger partial charge in [0.1, 0.15) is 5.82 Å². The molecule has 3 rings (SSSR count). The molecule has 1 amide bonds. The van der Waals surface area contributed by atoms with Crippen LogP contribution in [0.1, 0.15) is 22.8 Å². The highest BCUT2D eigenvalue weighted by atomic mass is 35.5. The molecule has 0 radical (unpaired) electrons. The van der Waals surface area contributed by atoms with Crippen molar-refractivity contribution in [3.63, 3.8) is 0 Å². The van der Waals surface area contributed by atoms with Gasteiger partial charge in [0.05, 0.1) is 43.9 Å². The predicted octanol–water partition coefficient (Wildman–Crippen LogP) is 4.20. The van der Waals surface area contributed by atoms with Crippen LogP contribution in [0, 0.1) is 5.82 Å². The average molecular weight is 440 g/mol. The van der Waals surface area contributed by atoms with Gasteiger partial charge in [-0.2, -0.15) is 0 Å². The van der Waals surface area contributed by atoms with Crippen molar-refractivity contribution in [2.75, 3.05) is 26.6 Å². The van der Waals surface area contributed by atoms with Crippen molar-refractivity contribution in [1.29, 1.82) is 0 Å². The molecule has 2 unspecified atom stereocenters. The van der Waals surface area contributed by atoms with Crippen LogP contribution in [0.4, 0.5) is 10.1 Å². The third-order valence-corrected chi connectivity index (χ3v) is 6.21. The van der Waals surface area contributed by atoms with Gasteiger partial charge in [0.2, 0.25) is 5.91 Å². The summed E-state index contributed by atoms with van der Waals surface area (Å²) in [6, 6.07) is 8.03. The lowest BCUT2D eigenvalue weighted by Crippen LogP contribution is -2.27. The van der Waals surface area contributed by atoms with E-state index in [0.717, 1.165) is 6.07 Å². The number of carbonyl (C=O) groups excluding carboxylic acids is 2. The van der Waals surface area contributed by atoms with Gasteiger partial charge in [-0.25, -0.2) is 4.39 Å². The fraction of sp³-hybridized carbons (Fsp3) is 0.300. The van der Waals surface area contributed by atoms with E-state index in [4.69, 9.17) is 25.8 Å². The molecular weight excluding hydrogens is 421 g/mol. The maximum atomic E-state index is 14.7. The van der Waals surface area contributed by atoms with E-state index in [9.17, 15) is 14.0 Å². The number of fused-ring (bicyclic) bond motifs is 1. The Labute approximate surface area is 176 Å². The number of carbonyl (C=O) groups is 2. The van der Waals surface area contributed by atoms with Crippen LogP contribution in [0.2, 0.25) is 5.02 Å². The second-order valence-corrected chi connectivity index (χ2v) is 7.96. The van der Waals surface area contributed by atoms with Gasteiger partial charge in [0.25, 0.3) is 0 Å². The number of halogens is 2. The molecule has 154 valence electrons. The molecule has 0 aromatic heterocycles. The van der Waals surface area contributed by atoms with E-state index in [-0.39, 0.29) is 17.1 Å². The van der Waals surface area contributed by atoms with E-state index in [1.165, 1.54) is 33.1 Å². The van der Waals surface area contributed by atoms with Crippen LogP contribution in [-0.2, 0) is 14.3 Å². The summed E-state index contributed by atoms with van der Waals surface area (Å²) in [7, 11) is 4.26. The van der Waals surface area contributed by atoms with E-state index in [1.807, 2.05) is 0 Å². The predicted molar refractivity (Wildman–Crippen MR) is 109 cm³/mol. The maximum absolute atomic E-state index is 14.7.